The van der Waals surface area contributed by atoms with Crippen molar-refractivity contribution >= 4 is 17.5 Å². The highest BCUT2D eigenvalue weighted by molar-refractivity contribution is 6.05. The van der Waals surface area contributed by atoms with E-state index in [4.69, 9.17) is 0 Å². The Balaban J connectivity index is 2.16. The molecule has 0 saturated carbocycles. The molecule has 0 fully saturated rings. The van der Waals surface area contributed by atoms with Gasteiger partial charge in [-0.3, -0.25) is 14.6 Å². The molecule has 120 valence electrons. The van der Waals surface area contributed by atoms with Crippen LogP contribution in [0.25, 0.3) is 0 Å². The molecule has 2 rings (SSSR count). The van der Waals surface area contributed by atoms with Crippen LogP contribution in [0.2, 0.25) is 0 Å². The molecule has 0 atom stereocenters. The average molecular weight is 319 g/mol. The summed E-state index contributed by atoms with van der Waals surface area (Å²) in [6.07, 6.45) is 2.62. The second-order valence-electron chi connectivity index (χ2n) is 5.17. The summed E-state index contributed by atoms with van der Waals surface area (Å²) in [5.41, 5.74) is 0.466. The first-order chi connectivity index (χ1) is 10.9. The van der Waals surface area contributed by atoms with Crippen LogP contribution in [0, 0.1) is 11.6 Å². The molecular formula is C16H15F2N3O2. The van der Waals surface area contributed by atoms with Gasteiger partial charge in [-0.1, -0.05) is 0 Å². The van der Waals surface area contributed by atoms with Crippen LogP contribution >= 0.6 is 0 Å². The van der Waals surface area contributed by atoms with Crippen LogP contribution in [0.5, 0.6) is 0 Å². The van der Waals surface area contributed by atoms with E-state index in [1.54, 1.807) is 0 Å². The average Bonchev–Trinajstić information content (AvgIpc) is 2.50. The number of rotatable bonds is 4. The number of carbonyl (C=O) groups excluding carboxylic acids is 2. The molecule has 0 radical (unpaired) electrons. The van der Waals surface area contributed by atoms with E-state index in [1.165, 1.54) is 24.5 Å². The van der Waals surface area contributed by atoms with Crippen molar-refractivity contribution in [1.29, 1.82) is 0 Å². The van der Waals surface area contributed by atoms with E-state index in [0.29, 0.717) is 0 Å². The molecule has 1 aromatic carbocycles. The molecule has 0 saturated heterocycles. The first kappa shape index (κ1) is 16.5. The first-order valence-electron chi connectivity index (χ1n) is 6.89. The number of carbonyl (C=O) groups is 2. The van der Waals surface area contributed by atoms with Crippen LogP contribution in [0.4, 0.5) is 14.5 Å². The van der Waals surface area contributed by atoms with Gasteiger partial charge in [-0.15, -0.1) is 0 Å². The maximum atomic E-state index is 13.1. The minimum atomic E-state index is -1.06. The molecule has 1 heterocycles. The number of benzene rings is 1. The fourth-order valence-corrected chi connectivity index (χ4v) is 1.81. The molecule has 7 heteroatoms. The number of amides is 2. The van der Waals surface area contributed by atoms with Crippen molar-refractivity contribution in [1.82, 2.24) is 10.3 Å². The second kappa shape index (κ2) is 6.95. The fraction of sp³-hybridized carbons (Fsp3) is 0.188. The van der Waals surface area contributed by atoms with Crippen molar-refractivity contribution in [3.63, 3.8) is 0 Å². The monoisotopic (exact) mass is 319 g/mol. The van der Waals surface area contributed by atoms with E-state index >= 15 is 0 Å². The SMILES string of the molecule is CC(C)NC(=O)c1cncc(C(=O)Nc2ccc(F)c(F)c2)c1. The summed E-state index contributed by atoms with van der Waals surface area (Å²) in [6, 6.07) is 4.34. The molecule has 2 aromatic rings. The highest BCUT2D eigenvalue weighted by atomic mass is 19.2. The molecule has 0 aliphatic carbocycles. The zero-order chi connectivity index (χ0) is 17.0. The molecular weight excluding hydrogens is 304 g/mol. The number of pyridine rings is 1. The van der Waals surface area contributed by atoms with Crippen LogP contribution < -0.4 is 10.6 Å². The molecule has 2 N–H and O–H groups in total. The third kappa shape index (κ3) is 4.32. The summed E-state index contributed by atoms with van der Waals surface area (Å²) in [4.78, 5) is 27.9. The van der Waals surface area contributed by atoms with Gasteiger partial charge < -0.3 is 10.6 Å². The smallest absolute Gasteiger partial charge is 0.257 e. The lowest BCUT2D eigenvalue weighted by Crippen LogP contribution is -2.30. The maximum Gasteiger partial charge on any atom is 0.257 e. The lowest BCUT2D eigenvalue weighted by molar-refractivity contribution is 0.0942. The van der Waals surface area contributed by atoms with Crippen molar-refractivity contribution in [2.45, 2.75) is 19.9 Å². The molecule has 0 aliphatic heterocycles. The number of hydrogen-bond donors (Lipinski definition) is 2. The molecule has 0 aliphatic rings. The lowest BCUT2D eigenvalue weighted by Gasteiger charge is -2.09. The van der Waals surface area contributed by atoms with Gasteiger partial charge in [0.1, 0.15) is 0 Å². The molecule has 0 unspecified atom stereocenters. The van der Waals surface area contributed by atoms with Gasteiger partial charge in [0.05, 0.1) is 11.1 Å². The van der Waals surface area contributed by atoms with Crippen molar-refractivity contribution in [3.05, 3.63) is 59.4 Å². The lowest BCUT2D eigenvalue weighted by atomic mass is 10.1. The Kier molecular flexibility index (Phi) is 5.00. The molecule has 0 bridgehead atoms. The van der Waals surface area contributed by atoms with Gasteiger partial charge in [0.25, 0.3) is 11.8 Å². The largest absolute Gasteiger partial charge is 0.350 e. The van der Waals surface area contributed by atoms with Crippen LogP contribution in [0.1, 0.15) is 34.6 Å². The molecule has 1 aromatic heterocycles. The van der Waals surface area contributed by atoms with Crippen LogP contribution in [-0.2, 0) is 0 Å². The van der Waals surface area contributed by atoms with Gasteiger partial charge in [0.15, 0.2) is 11.6 Å². The Morgan fingerprint density at radius 1 is 1.00 bits per heavy atom. The van der Waals surface area contributed by atoms with E-state index in [-0.39, 0.29) is 28.8 Å². The van der Waals surface area contributed by atoms with E-state index in [1.807, 2.05) is 13.8 Å². The van der Waals surface area contributed by atoms with Crippen molar-refractivity contribution < 1.29 is 18.4 Å². The number of nitrogens with zero attached hydrogens (tertiary/aromatic N) is 1. The molecule has 23 heavy (non-hydrogen) atoms. The Morgan fingerprint density at radius 3 is 2.26 bits per heavy atom. The van der Waals surface area contributed by atoms with Crippen LogP contribution in [0.3, 0.4) is 0 Å². The maximum absolute atomic E-state index is 13.1. The Bertz CT molecular complexity index is 748. The van der Waals surface area contributed by atoms with Crippen LogP contribution in [0.15, 0.2) is 36.7 Å². The van der Waals surface area contributed by atoms with Gasteiger partial charge in [0, 0.05) is 30.2 Å². The summed E-state index contributed by atoms with van der Waals surface area (Å²) >= 11 is 0. The Morgan fingerprint density at radius 2 is 1.65 bits per heavy atom. The predicted molar refractivity (Wildman–Crippen MR) is 81.2 cm³/mol. The van der Waals surface area contributed by atoms with E-state index < -0.39 is 17.5 Å². The Hall–Kier alpha value is -2.83. The van der Waals surface area contributed by atoms with Crippen molar-refractivity contribution in [2.75, 3.05) is 5.32 Å². The second-order valence-corrected chi connectivity index (χ2v) is 5.17. The van der Waals surface area contributed by atoms with E-state index in [9.17, 15) is 18.4 Å². The first-order valence-corrected chi connectivity index (χ1v) is 6.89. The zero-order valence-corrected chi connectivity index (χ0v) is 12.6. The standard InChI is InChI=1S/C16H15F2N3O2/c1-9(2)20-15(22)10-5-11(8-19-7-10)16(23)21-12-3-4-13(17)14(18)6-12/h3-9H,1-2H3,(H,20,22)(H,21,23). The summed E-state index contributed by atoms with van der Waals surface area (Å²) in [5, 5.41) is 5.10. The topological polar surface area (TPSA) is 71.1 Å². The van der Waals surface area contributed by atoms with E-state index in [0.717, 1.165) is 12.1 Å². The van der Waals surface area contributed by atoms with Gasteiger partial charge in [0.2, 0.25) is 0 Å². The molecule has 0 spiro atoms. The highest BCUT2D eigenvalue weighted by Crippen LogP contribution is 2.14. The van der Waals surface area contributed by atoms with Gasteiger partial charge in [-0.2, -0.15) is 0 Å². The zero-order valence-electron chi connectivity index (χ0n) is 12.6. The summed E-state index contributed by atoms with van der Waals surface area (Å²) in [5.74, 6) is -3.00. The summed E-state index contributed by atoms with van der Waals surface area (Å²) in [7, 11) is 0. The molecule has 5 nitrogen and oxygen atoms in total. The number of hydrogen-bond acceptors (Lipinski definition) is 3. The van der Waals surface area contributed by atoms with Crippen molar-refractivity contribution in [3.8, 4) is 0 Å². The highest BCUT2D eigenvalue weighted by Gasteiger charge is 2.13. The number of anilines is 1. The van der Waals surface area contributed by atoms with E-state index in [2.05, 4.69) is 15.6 Å². The van der Waals surface area contributed by atoms with Gasteiger partial charge >= 0.3 is 0 Å². The predicted octanol–water partition coefficient (Wildman–Crippen LogP) is 2.75. The fourth-order valence-electron chi connectivity index (χ4n) is 1.81. The quantitative estimate of drug-likeness (QED) is 0.910. The summed E-state index contributed by atoms with van der Waals surface area (Å²) < 4.78 is 26.0. The van der Waals surface area contributed by atoms with Gasteiger partial charge in [-0.05, 0) is 32.0 Å². The number of halogens is 2. The van der Waals surface area contributed by atoms with Gasteiger partial charge in [-0.25, -0.2) is 8.78 Å². The minimum absolute atomic E-state index is 0.0535. The Labute approximate surface area is 131 Å². The minimum Gasteiger partial charge on any atom is -0.350 e. The third-order valence-electron chi connectivity index (χ3n) is 2.86. The number of nitrogens with one attached hydrogen (secondary N) is 2. The van der Waals surface area contributed by atoms with Crippen LogP contribution in [-0.4, -0.2) is 22.8 Å². The third-order valence-corrected chi connectivity index (χ3v) is 2.86. The molecule has 2 amide bonds. The number of aromatic nitrogens is 1. The summed E-state index contributed by atoms with van der Waals surface area (Å²) in [6.45, 7) is 3.62. The normalized spacial score (nSPS) is 10.5. The van der Waals surface area contributed by atoms with Crippen molar-refractivity contribution in [2.24, 2.45) is 0 Å².